The fraction of sp³-hybridized carbons (Fsp3) is 0.350. The summed E-state index contributed by atoms with van der Waals surface area (Å²) in [6, 6.07) is 7.29. The van der Waals surface area contributed by atoms with Gasteiger partial charge in [0.2, 0.25) is 21.8 Å². The summed E-state index contributed by atoms with van der Waals surface area (Å²) in [6.07, 6.45) is 0.676. The summed E-state index contributed by atoms with van der Waals surface area (Å²) in [4.78, 5) is 36.6. The van der Waals surface area contributed by atoms with E-state index < -0.39 is 28.4 Å². The molecule has 0 saturated carbocycles. The van der Waals surface area contributed by atoms with Crippen LogP contribution in [0.15, 0.2) is 35.2 Å². The molecule has 1 aromatic heterocycles. The number of benzene rings is 1. The minimum Gasteiger partial charge on any atom is -0.462 e. The maximum Gasteiger partial charge on any atom is 0.341 e. The Kier molecular flexibility index (Phi) is 8.31. The highest BCUT2D eigenvalue weighted by molar-refractivity contribution is 7.89. The number of thiophene rings is 1. The first-order valence-corrected chi connectivity index (χ1v) is 11.8. The molecule has 0 atom stereocenters. The van der Waals surface area contributed by atoms with Gasteiger partial charge in [-0.25, -0.2) is 13.2 Å². The molecule has 1 aromatic carbocycles. The van der Waals surface area contributed by atoms with Gasteiger partial charge >= 0.3 is 5.97 Å². The molecule has 0 unspecified atom stereocenters. The van der Waals surface area contributed by atoms with Crippen LogP contribution in [0.2, 0.25) is 0 Å². The highest BCUT2D eigenvalue weighted by Crippen LogP contribution is 2.29. The number of ether oxygens (including phenoxy) is 1. The Morgan fingerprint density at radius 3 is 2.29 bits per heavy atom. The van der Waals surface area contributed by atoms with Crippen LogP contribution >= 0.6 is 11.3 Å². The molecular formula is C20H25N3O6S2. The zero-order valence-electron chi connectivity index (χ0n) is 17.7. The average molecular weight is 468 g/mol. The number of anilines is 2. The molecule has 0 fully saturated rings. The molecule has 0 radical (unpaired) electrons. The summed E-state index contributed by atoms with van der Waals surface area (Å²) in [7, 11) is -2.65. The third-order valence-electron chi connectivity index (χ3n) is 4.13. The molecule has 2 amide bonds. The van der Waals surface area contributed by atoms with E-state index in [2.05, 4.69) is 10.6 Å². The van der Waals surface area contributed by atoms with E-state index in [1.807, 2.05) is 6.92 Å². The van der Waals surface area contributed by atoms with Crippen molar-refractivity contribution in [3.63, 3.8) is 0 Å². The van der Waals surface area contributed by atoms with Crippen molar-refractivity contribution in [3.05, 3.63) is 40.8 Å². The van der Waals surface area contributed by atoms with Crippen LogP contribution < -0.4 is 10.6 Å². The van der Waals surface area contributed by atoms with E-state index in [1.165, 1.54) is 49.6 Å². The molecule has 0 bridgehead atoms. The largest absolute Gasteiger partial charge is 0.462 e. The topological polar surface area (TPSA) is 122 Å². The molecule has 0 aliphatic heterocycles. The second-order valence-electron chi connectivity index (χ2n) is 6.54. The zero-order chi connectivity index (χ0) is 23.2. The third-order valence-corrected chi connectivity index (χ3v) is 7.14. The summed E-state index contributed by atoms with van der Waals surface area (Å²) < 4.78 is 31.4. The summed E-state index contributed by atoms with van der Waals surface area (Å²) in [5.74, 6) is -1.41. The van der Waals surface area contributed by atoms with Gasteiger partial charge in [-0.3, -0.25) is 9.59 Å². The lowest BCUT2D eigenvalue weighted by Gasteiger charge is -2.17. The van der Waals surface area contributed by atoms with Gasteiger partial charge < -0.3 is 15.4 Å². The number of sulfonamides is 1. The van der Waals surface area contributed by atoms with Gasteiger partial charge in [0, 0.05) is 24.5 Å². The lowest BCUT2D eigenvalue weighted by atomic mass is 10.2. The summed E-state index contributed by atoms with van der Waals surface area (Å²) in [5, 5.41) is 5.49. The standard InChI is InChI=1S/C20H25N3O6S2/c1-5-15-11-17(20(26)29-6-2)19(30-15)22-18(25)12-23(4)31(27,28)16-9-7-14(8-10-16)21-13(3)24/h7-11H,5-6,12H2,1-4H3,(H,21,24)(H,22,25). The molecule has 1 heterocycles. The number of aryl methyl sites for hydroxylation is 1. The van der Waals surface area contributed by atoms with Crippen molar-refractivity contribution in [1.29, 1.82) is 0 Å². The van der Waals surface area contributed by atoms with Crippen LogP contribution in [0.4, 0.5) is 10.7 Å². The van der Waals surface area contributed by atoms with E-state index in [0.717, 1.165) is 9.18 Å². The molecule has 0 aliphatic carbocycles. The number of esters is 1. The first-order valence-electron chi connectivity index (χ1n) is 9.52. The maximum atomic E-state index is 12.8. The van der Waals surface area contributed by atoms with Gasteiger partial charge in [-0.15, -0.1) is 11.3 Å². The summed E-state index contributed by atoms with van der Waals surface area (Å²) in [5.41, 5.74) is 0.707. The number of carbonyl (C=O) groups is 3. The SMILES string of the molecule is CCOC(=O)c1cc(CC)sc1NC(=O)CN(C)S(=O)(=O)c1ccc(NC(C)=O)cc1. The van der Waals surface area contributed by atoms with E-state index in [-0.39, 0.29) is 23.0 Å². The Morgan fingerprint density at radius 1 is 1.10 bits per heavy atom. The highest BCUT2D eigenvalue weighted by atomic mass is 32.2. The molecule has 31 heavy (non-hydrogen) atoms. The van der Waals surface area contributed by atoms with Crippen LogP contribution in [0.25, 0.3) is 0 Å². The molecule has 0 aliphatic rings. The lowest BCUT2D eigenvalue weighted by molar-refractivity contribution is -0.116. The first-order chi connectivity index (χ1) is 14.6. The van der Waals surface area contributed by atoms with E-state index in [9.17, 15) is 22.8 Å². The van der Waals surface area contributed by atoms with Crippen LogP contribution in [0.5, 0.6) is 0 Å². The van der Waals surface area contributed by atoms with Crippen LogP contribution in [0, 0.1) is 0 Å². The van der Waals surface area contributed by atoms with Gasteiger partial charge in [-0.05, 0) is 43.7 Å². The third kappa shape index (κ3) is 6.36. The van der Waals surface area contributed by atoms with E-state index >= 15 is 0 Å². The monoisotopic (exact) mass is 467 g/mol. The Morgan fingerprint density at radius 2 is 1.74 bits per heavy atom. The van der Waals surface area contributed by atoms with E-state index in [4.69, 9.17) is 4.74 Å². The molecule has 0 saturated heterocycles. The van der Waals surface area contributed by atoms with Crippen LogP contribution in [0.1, 0.15) is 36.0 Å². The van der Waals surface area contributed by atoms with Gasteiger partial charge in [0.05, 0.1) is 23.6 Å². The van der Waals surface area contributed by atoms with Gasteiger partial charge in [-0.1, -0.05) is 6.92 Å². The number of carbonyl (C=O) groups excluding carboxylic acids is 3. The predicted molar refractivity (Wildman–Crippen MR) is 119 cm³/mol. The van der Waals surface area contributed by atoms with Crippen molar-refractivity contribution in [2.24, 2.45) is 0 Å². The lowest BCUT2D eigenvalue weighted by Crippen LogP contribution is -2.35. The Hall–Kier alpha value is -2.76. The Balaban J connectivity index is 2.12. The molecule has 2 aromatic rings. The minimum absolute atomic E-state index is 0.0199. The number of nitrogens with zero attached hydrogens (tertiary/aromatic N) is 1. The van der Waals surface area contributed by atoms with Gasteiger partial charge in [0.25, 0.3) is 0 Å². The van der Waals surface area contributed by atoms with Crippen molar-refractivity contribution in [3.8, 4) is 0 Å². The van der Waals surface area contributed by atoms with Crippen molar-refractivity contribution in [2.75, 3.05) is 30.8 Å². The van der Waals surface area contributed by atoms with Crippen molar-refractivity contribution in [1.82, 2.24) is 4.31 Å². The number of nitrogens with one attached hydrogen (secondary N) is 2. The van der Waals surface area contributed by atoms with Crippen molar-refractivity contribution < 1.29 is 27.5 Å². The highest BCUT2D eigenvalue weighted by Gasteiger charge is 2.25. The second-order valence-corrected chi connectivity index (χ2v) is 9.73. The van der Waals surface area contributed by atoms with Crippen LogP contribution in [-0.2, 0) is 30.8 Å². The smallest absolute Gasteiger partial charge is 0.341 e. The van der Waals surface area contributed by atoms with Crippen molar-refractivity contribution in [2.45, 2.75) is 32.1 Å². The first kappa shape index (κ1) is 24.5. The van der Waals surface area contributed by atoms with E-state index in [0.29, 0.717) is 17.1 Å². The Labute approximate surface area is 185 Å². The molecule has 2 rings (SSSR count). The maximum absolute atomic E-state index is 12.8. The molecule has 11 heteroatoms. The Bertz CT molecular complexity index is 1060. The number of amides is 2. The quantitative estimate of drug-likeness (QED) is 0.547. The number of hydrogen-bond donors (Lipinski definition) is 2. The summed E-state index contributed by atoms with van der Waals surface area (Å²) >= 11 is 1.24. The number of rotatable bonds is 9. The average Bonchev–Trinajstić information content (AvgIpc) is 3.11. The minimum atomic E-state index is -3.93. The zero-order valence-corrected chi connectivity index (χ0v) is 19.4. The molecular weight excluding hydrogens is 442 g/mol. The van der Waals surface area contributed by atoms with Gasteiger partial charge in [-0.2, -0.15) is 4.31 Å². The fourth-order valence-electron chi connectivity index (χ4n) is 2.62. The van der Waals surface area contributed by atoms with Gasteiger partial charge in [0.1, 0.15) is 5.00 Å². The normalized spacial score (nSPS) is 11.3. The molecule has 9 nitrogen and oxygen atoms in total. The molecule has 2 N–H and O–H groups in total. The number of hydrogen-bond acceptors (Lipinski definition) is 7. The van der Waals surface area contributed by atoms with Crippen LogP contribution in [0.3, 0.4) is 0 Å². The van der Waals surface area contributed by atoms with E-state index in [1.54, 1.807) is 13.0 Å². The summed E-state index contributed by atoms with van der Waals surface area (Å²) in [6.45, 7) is 4.71. The molecule has 0 spiro atoms. The van der Waals surface area contributed by atoms with Crippen LogP contribution in [-0.4, -0.2) is 50.7 Å². The van der Waals surface area contributed by atoms with Gasteiger partial charge in [0.15, 0.2) is 0 Å². The number of likely N-dealkylation sites (N-methyl/N-ethyl adjacent to an activating group) is 1. The fourth-order valence-corrected chi connectivity index (χ4v) is 4.74. The second kappa shape index (κ2) is 10.5. The van der Waals surface area contributed by atoms with Crippen molar-refractivity contribution >= 4 is 49.8 Å². The molecule has 168 valence electrons. The predicted octanol–water partition coefficient (Wildman–Crippen LogP) is 2.70.